The molecular formula is C30H43N3O2. The van der Waals surface area contributed by atoms with Crippen molar-refractivity contribution in [3.8, 4) is 23.2 Å². The third-order valence-electron chi connectivity index (χ3n) is 6.98. The second kappa shape index (κ2) is 15.3. The van der Waals surface area contributed by atoms with Crippen LogP contribution in [0.2, 0.25) is 0 Å². The van der Waals surface area contributed by atoms with Crippen LogP contribution in [0.3, 0.4) is 0 Å². The summed E-state index contributed by atoms with van der Waals surface area (Å²) in [5.41, 5.74) is 0.859. The molecule has 35 heavy (non-hydrogen) atoms. The molecule has 2 atom stereocenters. The van der Waals surface area contributed by atoms with E-state index in [1.807, 2.05) is 31.5 Å². The van der Waals surface area contributed by atoms with Crippen LogP contribution >= 0.6 is 0 Å². The summed E-state index contributed by atoms with van der Waals surface area (Å²) >= 11 is 0. The zero-order valence-electron chi connectivity index (χ0n) is 22.2. The number of aromatic nitrogens is 2. The van der Waals surface area contributed by atoms with Crippen molar-refractivity contribution in [2.24, 2.45) is 11.3 Å². The highest BCUT2D eigenvalue weighted by Gasteiger charge is 2.41. The SMILES string of the molecule is CCCCCCCCc1cnc(-c2ccc(OC(=O)[C@](C)(C#N)[C@H](C)CCCCCC)cc2)nc1. The maximum atomic E-state index is 12.9. The first-order valence-electron chi connectivity index (χ1n) is 13.5. The van der Waals surface area contributed by atoms with E-state index < -0.39 is 11.4 Å². The molecule has 0 saturated carbocycles. The Labute approximate surface area is 212 Å². The molecule has 1 aromatic heterocycles. The third kappa shape index (κ3) is 9.09. The summed E-state index contributed by atoms with van der Waals surface area (Å²) in [5, 5.41) is 9.76. The second-order valence-corrected chi connectivity index (χ2v) is 9.91. The van der Waals surface area contributed by atoms with Crippen molar-refractivity contribution in [3.05, 3.63) is 42.2 Å². The van der Waals surface area contributed by atoms with Gasteiger partial charge in [-0.05, 0) is 61.9 Å². The van der Waals surface area contributed by atoms with E-state index in [4.69, 9.17) is 4.74 Å². The van der Waals surface area contributed by atoms with Crippen molar-refractivity contribution in [3.63, 3.8) is 0 Å². The molecule has 1 aromatic carbocycles. The highest BCUT2D eigenvalue weighted by atomic mass is 16.5. The van der Waals surface area contributed by atoms with Crippen LogP contribution in [-0.2, 0) is 11.2 Å². The first-order valence-corrected chi connectivity index (χ1v) is 13.5. The predicted octanol–water partition coefficient (Wildman–Crippen LogP) is 8.09. The van der Waals surface area contributed by atoms with Gasteiger partial charge in [-0.25, -0.2) is 14.8 Å². The van der Waals surface area contributed by atoms with Gasteiger partial charge >= 0.3 is 5.97 Å². The van der Waals surface area contributed by atoms with E-state index in [2.05, 4.69) is 29.9 Å². The number of esters is 1. The molecule has 0 bridgehead atoms. The van der Waals surface area contributed by atoms with Gasteiger partial charge < -0.3 is 4.74 Å². The van der Waals surface area contributed by atoms with Crippen LogP contribution in [0.25, 0.3) is 11.4 Å². The number of carbonyl (C=O) groups is 1. The highest BCUT2D eigenvalue weighted by Crippen LogP contribution is 2.33. The van der Waals surface area contributed by atoms with Gasteiger partial charge in [-0.3, -0.25) is 0 Å². The van der Waals surface area contributed by atoms with Crippen LogP contribution in [0.5, 0.6) is 5.75 Å². The summed E-state index contributed by atoms with van der Waals surface area (Å²) in [5.74, 6) is 0.515. The molecule has 190 valence electrons. The third-order valence-corrected chi connectivity index (χ3v) is 6.98. The topological polar surface area (TPSA) is 75.9 Å². The molecule has 0 aliphatic rings. The van der Waals surface area contributed by atoms with Crippen molar-refractivity contribution in [1.82, 2.24) is 9.97 Å². The molecule has 0 fully saturated rings. The van der Waals surface area contributed by atoms with Crippen molar-refractivity contribution in [1.29, 1.82) is 5.26 Å². The van der Waals surface area contributed by atoms with E-state index >= 15 is 0 Å². The van der Waals surface area contributed by atoms with Gasteiger partial charge in [-0.1, -0.05) is 78.6 Å². The summed E-state index contributed by atoms with van der Waals surface area (Å²) in [7, 11) is 0. The molecule has 2 aromatic rings. The summed E-state index contributed by atoms with van der Waals surface area (Å²) in [4.78, 5) is 21.9. The first kappa shape index (κ1) is 28.5. The molecule has 0 unspecified atom stereocenters. The highest BCUT2D eigenvalue weighted by molar-refractivity contribution is 5.82. The maximum absolute atomic E-state index is 12.9. The van der Waals surface area contributed by atoms with Crippen LogP contribution in [-0.4, -0.2) is 15.9 Å². The Hall–Kier alpha value is -2.74. The van der Waals surface area contributed by atoms with Crippen molar-refractivity contribution >= 4 is 5.97 Å². The smallest absolute Gasteiger partial charge is 0.331 e. The van der Waals surface area contributed by atoms with Crippen LogP contribution in [0, 0.1) is 22.7 Å². The zero-order valence-corrected chi connectivity index (χ0v) is 22.2. The minimum Gasteiger partial charge on any atom is -0.425 e. The minimum atomic E-state index is -1.17. The summed E-state index contributed by atoms with van der Waals surface area (Å²) in [6.45, 7) is 8.06. The van der Waals surface area contributed by atoms with Crippen molar-refractivity contribution in [2.45, 2.75) is 105 Å². The maximum Gasteiger partial charge on any atom is 0.331 e. The zero-order chi connectivity index (χ0) is 25.5. The lowest BCUT2D eigenvalue weighted by atomic mass is 9.76. The van der Waals surface area contributed by atoms with Gasteiger partial charge in [0.1, 0.15) is 5.75 Å². The lowest BCUT2D eigenvalue weighted by molar-refractivity contribution is -0.144. The van der Waals surface area contributed by atoms with Gasteiger partial charge in [0.05, 0.1) is 6.07 Å². The molecule has 1 heterocycles. The van der Waals surface area contributed by atoms with Gasteiger partial charge in [0.2, 0.25) is 0 Å². The second-order valence-electron chi connectivity index (χ2n) is 9.91. The van der Waals surface area contributed by atoms with E-state index in [1.54, 1.807) is 19.1 Å². The Kier molecular flexibility index (Phi) is 12.5. The Morgan fingerprint density at radius 1 is 0.943 bits per heavy atom. The Morgan fingerprint density at radius 2 is 1.51 bits per heavy atom. The van der Waals surface area contributed by atoms with Gasteiger partial charge in [-0.15, -0.1) is 0 Å². The fourth-order valence-electron chi connectivity index (χ4n) is 4.15. The van der Waals surface area contributed by atoms with Gasteiger partial charge in [-0.2, -0.15) is 5.26 Å². The standard InChI is InChI=1S/C30H43N3O2/c1-5-7-9-11-12-14-16-25-21-32-28(33-22-25)26-17-19-27(20-18-26)35-29(34)30(4,23-31)24(3)15-13-10-8-6-2/h17-22,24H,5-16H2,1-4H3/t24-,30-/m1/s1. The molecule has 5 heteroatoms. The fourth-order valence-corrected chi connectivity index (χ4v) is 4.15. The number of hydrogen-bond donors (Lipinski definition) is 0. The fraction of sp³-hybridized carbons (Fsp3) is 0.600. The number of benzene rings is 1. The Balaban J connectivity index is 1.90. The Bertz CT molecular complexity index is 918. The summed E-state index contributed by atoms with van der Waals surface area (Å²) < 4.78 is 5.61. The van der Waals surface area contributed by atoms with E-state index in [0.717, 1.165) is 43.2 Å². The monoisotopic (exact) mass is 477 g/mol. The number of rotatable bonds is 16. The lowest BCUT2D eigenvalue weighted by Gasteiger charge is -2.26. The molecule has 0 aliphatic carbocycles. The van der Waals surface area contributed by atoms with E-state index in [0.29, 0.717) is 11.6 Å². The lowest BCUT2D eigenvalue weighted by Crippen LogP contribution is -2.36. The van der Waals surface area contributed by atoms with Crippen LogP contribution < -0.4 is 4.74 Å². The molecule has 5 nitrogen and oxygen atoms in total. The average Bonchev–Trinajstić information content (AvgIpc) is 2.88. The molecular weight excluding hydrogens is 434 g/mol. The molecule has 0 amide bonds. The molecule has 0 saturated heterocycles. The first-order chi connectivity index (χ1) is 16.9. The quantitative estimate of drug-likeness (QED) is 0.139. The number of carbonyl (C=O) groups excluding carboxylic acids is 1. The van der Waals surface area contributed by atoms with Gasteiger partial charge in [0, 0.05) is 18.0 Å². The molecule has 0 radical (unpaired) electrons. The summed E-state index contributed by atoms with van der Waals surface area (Å²) in [6.07, 6.45) is 17.8. The molecule has 0 spiro atoms. The van der Waals surface area contributed by atoms with Crippen LogP contribution in [0.15, 0.2) is 36.7 Å². The predicted molar refractivity (Wildman–Crippen MR) is 142 cm³/mol. The molecule has 0 N–H and O–H groups in total. The number of ether oxygens (including phenoxy) is 1. The largest absolute Gasteiger partial charge is 0.425 e. The summed E-state index contributed by atoms with van der Waals surface area (Å²) in [6, 6.07) is 9.40. The van der Waals surface area contributed by atoms with Crippen LogP contribution in [0.1, 0.15) is 104 Å². The number of unbranched alkanes of at least 4 members (excludes halogenated alkanes) is 8. The average molecular weight is 478 g/mol. The number of nitriles is 1. The number of nitrogens with zero attached hydrogens (tertiary/aromatic N) is 3. The van der Waals surface area contributed by atoms with Gasteiger partial charge in [0.25, 0.3) is 0 Å². The van der Waals surface area contributed by atoms with E-state index in [9.17, 15) is 10.1 Å². The Morgan fingerprint density at radius 3 is 2.11 bits per heavy atom. The van der Waals surface area contributed by atoms with Gasteiger partial charge in [0.15, 0.2) is 11.2 Å². The van der Waals surface area contributed by atoms with E-state index in [1.165, 1.54) is 44.9 Å². The normalized spacial score (nSPS) is 13.6. The van der Waals surface area contributed by atoms with Crippen molar-refractivity contribution < 1.29 is 9.53 Å². The molecule has 0 aliphatic heterocycles. The minimum absolute atomic E-state index is 0.0700. The van der Waals surface area contributed by atoms with Crippen molar-refractivity contribution in [2.75, 3.05) is 0 Å². The van der Waals surface area contributed by atoms with E-state index in [-0.39, 0.29) is 5.92 Å². The number of hydrogen-bond acceptors (Lipinski definition) is 5. The van der Waals surface area contributed by atoms with Crippen LogP contribution in [0.4, 0.5) is 0 Å². The molecule has 2 rings (SSSR count). The number of aryl methyl sites for hydroxylation is 1.